The Kier molecular flexibility index (Phi) is 4.69. The fourth-order valence-corrected chi connectivity index (χ4v) is 2.78. The molecule has 1 atom stereocenters. The number of piperidine rings is 1. The number of aliphatic hydroxyl groups is 1. The maximum Gasteiger partial charge on any atom is 0.104 e. The number of rotatable bonds is 4. The average Bonchev–Trinajstić information content (AvgIpc) is 2.39. The largest absolute Gasteiger partial charge is 0.396 e. The summed E-state index contributed by atoms with van der Waals surface area (Å²) in [5.41, 5.74) is 7.90. The molecule has 0 saturated carbocycles. The minimum absolute atomic E-state index is 0.285. The molecule has 3 nitrogen and oxygen atoms in total. The van der Waals surface area contributed by atoms with Crippen LogP contribution in [0, 0.1) is 5.92 Å². The average molecular weight is 264 g/mol. The van der Waals surface area contributed by atoms with Gasteiger partial charge in [-0.15, -0.1) is 0 Å². The van der Waals surface area contributed by atoms with E-state index in [2.05, 4.69) is 11.0 Å². The van der Waals surface area contributed by atoms with E-state index in [1.165, 1.54) is 5.56 Å². The van der Waals surface area contributed by atoms with Crippen molar-refractivity contribution >= 4 is 17.2 Å². The maximum atomic E-state index is 9.25. The Bertz CT molecular complexity index is 422. The van der Waals surface area contributed by atoms with Crippen LogP contribution in [-0.2, 0) is 6.54 Å². The molecule has 1 aliphatic rings. The van der Waals surface area contributed by atoms with E-state index in [1.807, 2.05) is 18.2 Å². The van der Waals surface area contributed by atoms with Crippen LogP contribution in [0.15, 0.2) is 24.3 Å². The van der Waals surface area contributed by atoms with Gasteiger partial charge in [0.1, 0.15) is 4.99 Å². The molecule has 0 spiro atoms. The predicted octanol–water partition coefficient (Wildman–Crippen LogP) is 1.53. The standard InChI is InChI=1S/C14H20N2OS/c15-14(18)13-6-2-1-5-12(13)9-16-7-3-4-11(8-16)10-17/h1-2,5-6,11,17H,3-4,7-10H2,(H2,15,18). The Morgan fingerprint density at radius 2 is 2.22 bits per heavy atom. The third-order valence-corrected chi connectivity index (χ3v) is 3.76. The van der Waals surface area contributed by atoms with Gasteiger partial charge in [-0.1, -0.05) is 36.5 Å². The molecule has 0 aliphatic carbocycles. The lowest BCUT2D eigenvalue weighted by Gasteiger charge is -2.32. The summed E-state index contributed by atoms with van der Waals surface area (Å²) in [5.74, 6) is 0.413. The summed E-state index contributed by atoms with van der Waals surface area (Å²) in [6, 6.07) is 8.04. The molecule has 98 valence electrons. The first-order valence-electron chi connectivity index (χ1n) is 6.41. The first-order chi connectivity index (χ1) is 8.70. The van der Waals surface area contributed by atoms with E-state index in [1.54, 1.807) is 0 Å². The Morgan fingerprint density at radius 3 is 2.94 bits per heavy atom. The van der Waals surface area contributed by atoms with Crippen molar-refractivity contribution in [2.45, 2.75) is 19.4 Å². The molecule has 1 fully saturated rings. The molecule has 1 aliphatic heterocycles. The van der Waals surface area contributed by atoms with Gasteiger partial charge in [0.15, 0.2) is 0 Å². The number of aliphatic hydroxyl groups excluding tert-OH is 1. The van der Waals surface area contributed by atoms with Crippen LogP contribution in [0.25, 0.3) is 0 Å². The van der Waals surface area contributed by atoms with Crippen LogP contribution in [0.5, 0.6) is 0 Å². The molecule has 4 heteroatoms. The molecule has 1 aromatic rings. The van der Waals surface area contributed by atoms with E-state index < -0.39 is 0 Å². The van der Waals surface area contributed by atoms with Crippen LogP contribution in [0.3, 0.4) is 0 Å². The molecular formula is C14H20N2OS. The minimum atomic E-state index is 0.285. The summed E-state index contributed by atoms with van der Waals surface area (Å²) in [6.07, 6.45) is 2.28. The van der Waals surface area contributed by atoms with Crippen LogP contribution in [0.4, 0.5) is 0 Å². The van der Waals surface area contributed by atoms with E-state index in [0.717, 1.165) is 38.0 Å². The lowest BCUT2D eigenvalue weighted by atomic mass is 9.98. The van der Waals surface area contributed by atoms with Gasteiger partial charge in [0.25, 0.3) is 0 Å². The third kappa shape index (κ3) is 3.28. The topological polar surface area (TPSA) is 49.5 Å². The van der Waals surface area contributed by atoms with Gasteiger partial charge in [0, 0.05) is 25.3 Å². The molecule has 1 unspecified atom stereocenters. The molecule has 0 bridgehead atoms. The summed E-state index contributed by atoms with van der Waals surface area (Å²) in [4.78, 5) is 2.84. The van der Waals surface area contributed by atoms with Crippen LogP contribution in [-0.4, -0.2) is 34.7 Å². The van der Waals surface area contributed by atoms with Crippen LogP contribution in [0.2, 0.25) is 0 Å². The lowest BCUT2D eigenvalue weighted by molar-refractivity contribution is 0.116. The Hall–Kier alpha value is -0.970. The van der Waals surface area contributed by atoms with Crippen molar-refractivity contribution < 1.29 is 5.11 Å². The Morgan fingerprint density at radius 1 is 1.44 bits per heavy atom. The second kappa shape index (κ2) is 6.27. The quantitative estimate of drug-likeness (QED) is 0.810. The van der Waals surface area contributed by atoms with Gasteiger partial charge in [0.05, 0.1) is 0 Å². The van der Waals surface area contributed by atoms with Crippen molar-refractivity contribution in [1.82, 2.24) is 4.90 Å². The van der Waals surface area contributed by atoms with Gasteiger partial charge in [-0.2, -0.15) is 0 Å². The van der Waals surface area contributed by atoms with Gasteiger partial charge < -0.3 is 10.8 Å². The number of hydrogen-bond acceptors (Lipinski definition) is 3. The van der Waals surface area contributed by atoms with Crippen molar-refractivity contribution in [3.63, 3.8) is 0 Å². The van der Waals surface area contributed by atoms with E-state index in [4.69, 9.17) is 18.0 Å². The van der Waals surface area contributed by atoms with Gasteiger partial charge in [-0.3, -0.25) is 4.90 Å². The van der Waals surface area contributed by atoms with E-state index >= 15 is 0 Å². The Labute approximate surface area is 114 Å². The Balaban J connectivity index is 2.07. The normalized spacial score (nSPS) is 20.8. The molecule has 2 rings (SSSR count). The van der Waals surface area contributed by atoms with Crippen LogP contribution in [0.1, 0.15) is 24.0 Å². The maximum absolute atomic E-state index is 9.25. The molecule has 1 heterocycles. The van der Waals surface area contributed by atoms with Gasteiger partial charge in [0.2, 0.25) is 0 Å². The highest BCUT2D eigenvalue weighted by atomic mass is 32.1. The number of nitrogens with zero attached hydrogens (tertiary/aromatic N) is 1. The molecule has 0 radical (unpaired) electrons. The predicted molar refractivity (Wildman–Crippen MR) is 77.4 cm³/mol. The fraction of sp³-hybridized carbons (Fsp3) is 0.500. The van der Waals surface area contributed by atoms with Crippen molar-refractivity contribution in [3.05, 3.63) is 35.4 Å². The molecule has 1 saturated heterocycles. The SMILES string of the molecule is NC(=S)c1ccccc1CN1CCCC(CO)C1. The zero-order valence-electron chi connectivity index (χ0n) is 10.5. The van der Waals surface area contributed by atoms with Crippen LogP contribution < -0.4 is 5.73 Å². The van der Waals surface area contributed by atoms with Gasteiger partial charge in [-0.25, -0.2) is 0 Å². The number of benzene rings is 1. The second-order valence-electron chi connectivity index (χ2n) is 4.95. The molecule has 1 aromatic carbocycles. The molecular weight excluding hydrogens is 244 g/mol. The highest BCUT2D eigenvalue weighted by molar-refractivity contribution is 7.80. The van der Waals surface area contributed by atoms with E-state index in [0.29, 0.717) is 10.9 Å². The van der Waals surface area contributed by atoms with E-state index in [-0.39, 0.29) is 6.61 Å². The summed E-state index contributed by atoms with van der Waals surface area (Å²) < 4.78 is 0. The number of nitrogens with two attached hydrogens (primary N) is 1. The summed E-state index contributed by atoms with van der Waals surface area (Å²) in [6.45, 7) is 3.20. The van der Waals surface area contributed by atoms with Crippen LogP contribution >= 0.6 is 12.2 Å². The molecule has 18 heavy (non-hydrogen) atoms. The van der Waals surface area contributed by atoms with Gasteiger partial charge >= 0.3 is 0 Å². The number of likely N-dealkylation sites (tertiary alicyclic amines) is 1. The van der Waals surface area contributed by atoms with Crippen molar-refractivity contribution in [1.29, 1.82) is 0 Å². The monoisotopic (exact) mass is 264 g/mol. The number of hydrogen-bond donors (Lipinski definition) is 2. The summed E-state index contributed by atoms with van der Waals surface area (Å²) in [7, 11) is 0. The first-order valence-corrected chi connectivity index (χ1v) is 6.82. The first kappa shape index (κ1) is 13.5. The lowest BCUT2D eigenvalue weighted by Crippen LogP contribution is -2.36. The molecule has 0 aromatic heterocycles. The summed E-state index contributed by atoms with van der Waals surface area (Å²) in [5, 5.41) is 9.25. The highest BCUT2D eigenvalue weighted by Crippen LogP contribution is 2.19. The van der Waals surface area contributed by atoms with Crippen molar-refractivity contribution in [3.8, 4) is 0 Å². The van der Waals surface area contributed by atoms with Crippen molar-refractivity contribution in [2.75, 3.05) is 19.7 Å². The molecule has 3 N–H and O–H groups in total. The number of thiocarbonyl (C=S) groups is 1. The fourth-order valence-electron chi connectivity index (χ4n) is 2.58. The highest BCUT2D eigenvalue weighted by Gasteiger charge is 2.20. The molecule has 0 amide bonds. The second-order valence-corrected chi connectivity index (χ2v) is 5.39. The van der Waals surface area contributed by atoms with Crippen molar-refractivity contribution in [2.24, 2.45) is 11.7 Å². The smallest absolute Gasteiger partial charge is 0.104 e. The van der Waals surface area contributed by atoms with E-state index in [9.17, 15) is 5.11 Å². The zero-order valence-corrected chi connectivity index (χ0v) is 11.3. The van der Waals surface area contributed by atoms with Gasteiger partial charge in [-0.05, 0) is 30.9 Å². The third-order valence-electron chi connectivity index (χ3n) is 3.54. The minimum Gasteiger partial charge on any atom is -0.396 e. The zero-order chi connectivity index (χ0) is 13.0. The summed E-state index contributed by atoms with van der Waals surface area (Å²) >= 11 is 5.08.